The van der Waals surface area contributed by atoms with Crippen molar-refractivity contribution in [3.8, 4) is 0 Å². The van der Waals surface area contributed by atoms with E-state index in [1.165, 1.54) is 32.1 Å². The molecule has 1 aromatic rings. The number of nitrogens with zero attached hydrogens (tertiary/aromatic N) is 1. The predicted octanol–water partition coefficient (Wildman–Crippen LogP) is 3.33. The normalized spacial score (nSPS) is 27.6. The fourth-order valence-electron chi connectivity index (χ4n) is 2.82. The third-order valence-electron chi connectivity index (χ3n) is 3.89. The monoisotopic (exact) mass is 219 g/mol. The first-order valence-corrected chi connectivity index (χ1v) is 6.39. The number of aliphatic hydroxyl groups excluding tert-OH is 1. The van der Waals surface area contributed by atoms with Crippen molar-refractivity contribution in [1.82, 2.24) is 4.98 Å². The van der Waals surface area contributed by atoms with Gasteiger partial charge in [-0.25, -0.2) is 0 Å². The van der Waals surface area contributed by atoms with Crippen LogP contribution in [0.25, 0.3) is 0 Å². The summed E-state index contributed by atoms with van der Waals surface area (Å²) in [4.78, 5) is 3.99. The van der Waals surface area contributed by atoms with E-state index in [4.69, 9.17) is 0 Å². The maximum Gasteiger partial charge on any atom is 0.0819 e. The average Bonchev–Trinajstić information content (AvgIpc) is 2.39. The molecule has 2 rings (SSSR count). The van der Waals surface area contributed by atoms with Gasteiger partial charge >= 0.3 is 0 Å². The van der Waals surface area contributed by atoms with E-state index < -0.39 is 0 Å². The van der Waals surface area contributed by atoms with Gasteiger partial charge in [0.25, 0.3) is 0 Å². The van der Waals surface area contributed by atoms with Crippen LogP contribution >= 0.6 is 0 Å². The zero-order valence-electron chi connectivity index (χ0n) is 9.97. The lowest BCUT2D eigenvalue weighted by Gasteiger charge is -2.31. The summed E-state index contributed by atoms with van der Waals surface area (Å²) in [6, 6.07) is 3.86. The van der Waals surface area contributed by atoms with Crippen molar-refractivity contribution in [1.29, 1.82) is 0 Å². The van der Waals surface area contributed by atoms with Gasteiger partial charge in [-0.2, -0.15) is 0 Å². The van der Waals surface area contributed by atoms with Crippen molar-refractivity contribution in [2.24, 2.45) is 11.8 Å². The van der Waals surface area contributed by atoms with Gasteiger partial charge in [0, 0.05) is 12.4 Å². The highest BCUT2D eigenvalue weighted by atomic mass is 16.3. The SMILES string of the molecule is CCC1CCCC(C(O)c2ccncc2)C1. The van der Waals surface area contributed by atoms with Crippen LogP contribution in [0.5, 0.6) is 0 Å². The first-order valence-electron chi connectivity index (χ1n) is 6.39. The Morgan fingerprint density at radius 2 is 2.12 bits per heavy atom. The number of aromatic nitrogens is 1. The summed E-state index contributed by atoms with van der Waals surface area (Å²) in [7, 11) is 0. The van der Waals surface area contributed by atoms with E-state index in [9.17, 15) is 5.11 Å². The molecule has 0 spiro atoms. The van der Waals surface area contributed by atoms with Gasteiger partial charge in [0.15, 0.2) is 0 Å². The highest BCUT2D eigenvalue weighted by molar-refractivity contribution is 5.14. The molecule has 0 aliphatic heterocycles. The molecule has 1 aromatic heterocycles. The minimum absolute atomic E-state index is 0.294. The molecule has 1 heterocycles. The van der Waals surface area contributed by atoms with E-state index in [0.29, 0.717) is 5.92 Å². The summed E-state index contributed by atoms with van der Waals surface area (Å²) in [6.07, 6.45) is 9.44. The first kappa shape index (κ1) is 11.6. The Morgan fingerprint density at radius 3 is 2.81 bits per heavy atom. The summed E-state index contributed by atoms with van der Waals surface area (Å²) < 4.78 is 0. The largest absolute Gasteiger partial charge is 0.388 e. The second-order valence-corrected chi connectivity index (χ2v) is 4.93. The van der Waals surface area contributed by atoms with Crippen molar-refractivity contribution in [3.05, 3.63) is 30.1 Å². The Labute approximate surface area is 97.7 Å². The zero-order chi connectivity index (χ0) is 11.4. The Hall–Kier alpha value is -0.890. The van der Waals surface area contributed by atoms with E-state index >= 15 is 0 Å². The zero-order valence-corrected chi connectivity index (χ0v) is 9.97. The highest BCUT2D eigenvalue weighted by Gasteiger charge is 2.27. The summed E-state index contributed by atoms with van der Waals surface area (Å²) >= 11 is 0. The van der Waals surface area contributed by atoms with Gasteiger partial charge in [0.2, 0.25) is 0 Å². The molecule has 2 nitrogen and oxygen atoms in total. The number of pyridine rings is 1. The summed E-state index contributed by atoms with van der Waals surface area (Å²) in [5.74, 6) is 1.26. The van der Waals surface area contributed by atoms with Crippen LogP contribution in [0.3, 0.4) is 0 Å². The molecule has 1 N–H and O–H groups in total. The van der Waals surface area contributed by atoms with Gasteiger partial charge in [-0.05, 0) is 42.4 Å². The van der Waals surface area contributed by atoms with Gasteiger partial charge in [-0.3, -0.25) is 4.98 Å². The Balaban J connectivity index is 2.01. The van der Waals surface area contributed by atoms with Crippen molar-refractivity contribution in [2.45, 2.75) is 45.1 Å². The maximum atomic E-state index is 10.3. The van der Waals surface area contributed by atoms with E-state index in [1.807, 2.05) is 12.1 Å². The lowest BCUT2D eigenvalue weighted by Crippen LogP contribution is -2.21. The van der Waals surface area contributed by atoms with Gasteiger partial charge in [-0.15, -0.1) is 0 Å². The van der Waals surface area contributed by atoms with Gasteiger partial charge in [0.05, 0.1) is 6.10 Å². The Kier molecular flexibility index (Phi) is 3.94. The quantitative estimate of drug-likeness (QED) is 0.845. The van der Waals surface area contributed by atoms with Crippen molar-refractivity contribution >= 4 is 0 Å². The highest BCUT2D eigenvalue weighted by Crippen LogP contribution is 2.38. The molecule has 16 heavy (non-hydrogen) atoms. The average molecular weight is 219 g/mol. The lowest BCUT2D eigenvalue weighted by molar-refractivity contribution is 0.0677. The van der Waals surface area contributed by atoms with Crippen LogP contribution in [0.15, 0.2) is 24.5 Å². The molecule has 1 aliphatic carbocycles. The molecule has 1 aliphatic rings. The van der Waals surface area contributed by atoms with Crippen molar-refractivity contribution in [3.63, 3.8) is 0 Å². The maximum absolute atomic E-state index is 10.3. The molecule has 0 aromatic carbocycles. The third kappa shape index (κ3) is 2.62. The minimum Gasteiger partial charge on any atom is -0.388 e. The van der Waals surface area contributed by atoms with Gasteiger partial charge < -0.3 is 5.11 Å². The summed E-state index contributed by atoms with van der Waals surface area (Å²) in [6.45, 7) is 2.26. The second kappa shape index (κ2) is 5.44. The topological polar surface area (TPSA) is 33.1 Å². The van der Waals surface area contributed by atoms with Crippen LogP contribution in [0.1, 0.15) is 50.7 Å². The summed E-state index contributed by atoms with van der Waals surface area (Å²) in [5.41, 5.74) is 1.02. The predicted molar refractivity (Wildman–Crippen MR) is 64.9 cm³/mol. The molecule has 0 saturated heterocycles. The van der Waals surface area contributed by atoms with Crippen LogP contribution in [0.2, 0.25) is 0 Å². The molecule has 88 valence electrons. The molecule has 1 saturated carbocycles. The molecule has 3 unspecified atom stereocenters. The molecule has 2 heteroatoms. The molecule has 3 atom stereocenters. The molecular weight excluding hydrogens is 198 g/mol. The smallest absolute Gasteiger partial charge is 0.0819 e. The van der Waals surface area contributed by atoms with Gasteiger partial charge in [-0.1, -0.05) is 26.2 Å². The lowest BCUT2D eigenvalue weighted by atomic mass is 9.76. The Morgan fingerprint density at radius 1 is 1.38 bits per heavy atom. The Bertz CT molecular complexity index is 312. The minimum atomic E-state index is -0.294. The van der Waals surface area contributed by atoms with Crippen LogP contribution in [-0.2, 0) is 0 Å². The third-order valence-corrected chi connectivity index (χ3v) is 3.89. The fraction of sp³-hybridized carbons (Fsp3) is 0.643. The van der Waals surface area contributed by atoms with E-state index in [0.717, 1.165) is 11.5 Å². The van der Waals surface area contributed by atoms with E-state index in [2.05, 4.69) is 11.9 Å². The number of aliphatic hydroxyl groups is 1. The number of rotatable bonds is 3. The van der Waals surface area contributed by atoms with Crippen LogP contribution in [0.4, 0.5) is 0 Å². The van der Waals surface area contributed by atoms with Crippen LogP contribution < -0.4 is 0 Å². The molecule has 0 bridgehead atoms. The second-order valence-electron chi connectivity index (χ2n) is 4.93. The number of hydrogen-bond acceptors (Lipinski definition) is 2. The van der Waals surface area contributed by atoms with Crippen molar-refractivity contribution < 1.29 is 5.11 Å². The fourth-order valence-corrected chi connectivity index (χ4v) is 2.82. The summed E-state index contributed by atoms with van der Waals surface area (Å²) in [5, 5.41) is 10.3. The van der Waals surface area contributed by atoms with Crippen LogP contribution in [0, 0.1) is 11.8 Å². The standard InChI is InChI=1S/C14H21NO/c1-2-11-4-3-5-13(10-11)14(16)12-6-8-15-9-7-12/h6-9,11,13-14,16H,2-5,10H2,1H3. The molecular formula is C14H21NO. The molecule has 1 fully saturated rings. The molecule has 0 amide bonds. The van der Waals surface area contributed by atoms with Gasteiger partial charge in [0.1, 0.15) is 0 Å². The first-order chi connectivity index (χ1) is 7.81. The van der Waals surface area contributed by atoms with E-state index in [1.54, 1.807) is 12.4 Å². The number of hydrogen-bond donors (Lipinski definition) is 1. The van der Waals surface area contributed by atoms with Crippen molar-refractivity contribution in [2.75, 3.05) is 0 Å². The molecule has 0 radical (unpaired) electrons. The van der Waals surface area contributed by atoms with E-state index in [-0.39, 0.29) is 6.10 Å². The van der Waals surface area contributed by atoms with Crippen LogP contribution in [-0.4, -0.2) is 10.1 Å².